The molecule has 4 atom stereocenters. The van der Waals surface area contributed by atoms with Crippen molar-refractivity contribution in [3.63, 3.8) is 0 Å². The normalized spacial score (nSPS) is 35.4. The van der Waals surface area contributed by atoms with Crippen LogP contribution in [0.2, 0.25) is 0 Å². The molecule has 4 aliphatic rings. The zero-order valence-corrected chi connectivity index (χ0v) is 27.7. The molecule has 0 radical (unpaired) electrons. The standard InChI is InChI=1S/C40H70O/c1-3-5-7-13-35-15-9-19-39(31-35)37-25-21-33(22-26-37)17-11-29-41-30-12-18-34-23-27-38(28-24-34)40-20-10-16-36(32-40)14-8-6-4-2/h11-12,17-18,33-40H,3-10,13-16,19-32H2,1-2H3. The van der Waals surface area contributed by atoms with Gasteiger partial charge in [-0.05, 0) is 112 Å². The number of hydrogen-bond acceptors (Lipinski definition) is 1. The Morgan fingerprint density at radius 3 is 1.34 bits per heavy atom. The molecule has 0 aromatic heterocycles. The van der Waals surface area contributed by atoms with E-state index in [4.69, 9.17) is 4.74 Å². The summed E-state index contributed by atoms with van der Waals surface area (Å²) >= 11 is 0. The van der Waals surface area contributed by atoms with Crippen molar-refractivity contribution in [2.24, 2.45) is 47.3 Å². The third kappa shape index (κ3) is 12.2. The Morgan fingerprint density at radius 2 is 0.927 bits per heavy atom. The lowest BCUT2D eigenvalue weighted by Gasteiger charge is -2.38. The minimum Gasteiger partial charge on any atom is -0.373 e. The summed E-state index contributed by atoms with van der Waals surface area (Å²) in [7, 11) is 0. The van der Waals surface area contributed by atoms with Crippen LogP contribution >= 0.6 is 0 Å². The van der Waals surface area contributed by atoms with Crippen molar-refractivity contribution in [2.75, 3.05) is 13.2 Å². The topological polar surface area (TPSA) is 9.23 Å². The fourth-order valence-corrected chi connectivity index (χ4v) is 9.73. The molecule has 1 nitrogen and oxygen atoms in total. The molecule has 4 aliphatic carbocycles. The predicted molar refractivity (Wildman–Crippen MR) is 179 cm³/mol. The summed E-state index contributed by atoms with van der Waals surface area (Å²) in [5, 5.41) is 0. The first-order chi connectivity index (χ1) is 20.2. The molecule has 0 spiro atoms. The average molecular weight is 567 g/mol. The van der Waals surface area contributed by atoms with Crippen molar-refractivity contribution in [1.29, 1.82) is 0 Å². The highest BCUT2D eigenvalue weighted by Crippen LogP contribution is 2.44. The maximum Gasteiger partial charge on any atom is 0.0651 e. The molecule has 4 fully saturated rings. The molecule has 0 saturated heterocycles. The first kappa shape index (κ1) is 33.3. The van der Waals surface area contributed by atoms with Crippen molar-refractivity contribution in [2.45, 2.75) is 168 Å². The Kier molecular flexibility index (Phi) is 16.0. The van der Waals surface area contributed by atoms with Crippen LogP contribution in [-0.4, -0.2) is 13.2 Å². The second-order valence-corrected chi connectivity index (χ2v) is 15.3. The lowest BCUT2D eigenvalue weighted by molar-refractivity contribution is 0.142. The Morgan fingerprint density at radius 1 is 0.488 bits per heavy atom. The number of hydrogen-bond donors (Lipinski definition) is 0. The van der Waals surface area contributed by atoms with Crippen molar-refractivity contribution in [3.05, 3.63) is 24.3 Å². The molecule has 236 valence electrons. The quantitative estimate of drug-likeness (QED) is 0.133. The van der Waals surface area contributed by atoms with Crippen LogP contribution < -0.4 is 0 Å². The largest absolute Gasteiger partial charge is 0.373 e. The average Bonchev–Trinajstić information content (AvgIpc) is 3.02. The van der Waals surface area contributed by atoms with Crippen LogP contribution in [0.3, 0.4) is 0 Å². The van der Waals surface area contributed by atoms with E-state index in [9.17, 15) is 0 Å². The molecular weight excluding hydrogens is 496 g/mol. The first-order valence-corrected chi connectivity index (χ1v) is 19.2. The SMILES string of the molecule is CCCCCC1CCCC(C2CCC(C=CCOCC=CC3CCC(C4CCCC(CCCCC)C4)CC3)CC2)C1. The van der Waals surface area contributed by atoms with E-state index in [0.29, 0.717) is 0 Å². The van der Waals surface area contributed by atoms with Crippen LogP contribution in [0, 0.1) is 47.3 Å². The minimum atomic E-state index is 0.792. The second-order valence-electron chi connectivity index (χ2n) is 15.3. The first-order valence-electron chi connectivity index (χ1n) is 19.2. The zero-order chi connectivity index (χ0) is 28.5. The fraction of sp³-hybridized carbons (Fsp3) is 0.900. The van der Waals surface area contributed by atoms with Crippen LogP contribution in [0.5, 0.6) is 0 Å². The van der Waals surface area contributed by atoms with E-state index in [0.717, 1.165) is 60.6 Å². The van der Waals surface area contributed by atoms with Gasteiger partial charge in [0, 0.05) is 0 Å². The molecule has 0 aromatic rings. The van der Waals surface area contributed by atoms with Crippen molar-refractivity contribution in [3.8, 4) is 0 Å². The Labute approximate surface area is 257 Å². The Balaban J connectivity index is 1.02. The lowest BCUT2D eigenvalue weighted by atomic mass is 9.68. The van der Waals surface area contributed by atoms with Gasteiger partial charge in [0.2, 0.25) is 0 Å². The maximum absolute atomic E-state index is 5.98. The van der Waals surface area contributed by atoms with E-state index in [1.165, 1.54) is 141 Å². The number of rotatable bonds is 16. The van der Waals surface area contributed by atoms with Crippen LogP contribution in [0.15, 0.2) is 24.3 Å². The van der Waals surface area contributed by atoms with Crippen molar-refractivity contribution < 1.29 is 4.74 Å². The summed E-state index contributed by atoms with van der Waals surface area (Å²) in [5.41, 5.74) is 0. The van der Waals surface area contributed by atoms with Gasteiger partial charge >= 0.3 is 0 Å². The fourth-order valence-electron chi connectivity index (χ4n) is 9.73. The summed E-state index contributed by atoms with van der Waals surface area (Å²) in [6.45, 7) is 6.26. The Bertz CT molecular complexity index is 646. The summed E-state index contributed by atoms with van der Waals surface area (Å²) in [5.74, 6) is 7.86. The summed E-state index contributed by atoms with van der Waals surface area (Å²) < 4.78 is 5.98. The van der Waals surface area contributed by atoms with E-state index in [1.807, 2.05) is 0 Å². The van der Waals surface area contributed by atoms with Gasteiger partial charge in [-0.15, -0.1) is 0 Å². The molecule has 4 saturated carbocycles. The smallest absolute Gasteiger partial charge is 0.0651 e. The van der Waals surface area contributed by atoms with Gasteiger partial charge < -0.3 is 4.74 Å². The molecule has 4 unspecified atom stereocenters. The molecule has 1 heteroatoms. The summed E-state index contributed by atoms with van der Waals surface area (Å²) in [6, 6.07) is 0. The number of unbranched alkanes of at least 4 members (excludes halogenated alkanes) is 4. The van der Waals surface area contributed by atoms with Gasteiger partial charge in [-0.25, -0.2) is 0 Å². The highest BCUT2D eigenvalue weighted by molar-refractivity contribution is 4.95. The maximum atomic E-state index is 5.98. The highest BCUT2D eigenvalue weighted by atomic mass is 16.5. The van der Waals surface area contributed by atoms with Crippen LogP contribution in [0.25, 0.3) is 0 Å². The minimum absolute atomic E-state index is 0.792. The van der Waals surface area contributed by atoms with Crippen LogP contribution in [0.4, 0.5) is 0 Å². The van der Waals surface area contributed by atoms with Crippen LogP contribution in [0.1, 0.15) is 168 Å². The Hall–Kier alpha value is -0.560. The van der Waals surface area contributed by atoms with E-state index >= 15 is 0 Å². The highest BCUT2D eigenvalue weighted by Gasteiger charge is 2.32. The van der Waals surface area contributed by atoms with Gasteiger partial charge in [0.25, 0.3) is 0 Å². The second kappa shape index (κ2) is 19.7. The third-order valence-corrected chi connectivity index (χ3v) is 12.3. The van der Waals surface area contributed by atoms with E-state index in [-0.39, 0.29) is 0 Å². The van der Waals surface area contributed by atoms with Gasteiger partial charge in [-0.3, -0.25) is 0 Å². The monoisotopic (exact) mass is 567 g/mol. The number of ether oxygens (including phenoxy) is 1. The van der Waals surface area contributed by atoms with Crippen LogP contribution in [-0.2, 0) is 4.74 Å². The molecule has 0 aromatic carbocycles. The molecule has 41 heavy (non-hydrogen) atoms. The number of allylic oxidation sites excluding steroid dienone is 2. The van der Waals surface area contributed by atoms with Gasteiger partial charge in [-0.2, -0.15) is 0 Å². The molecule has 0 bridgehead atoms. The van der Waals surface area contributed by atoms with Crippen molar-refractivity contribution >= 4 is 0 Å². The van der Waals surface area contributed by atoms with Gasteiger partial charge in [0.1, 0.15) is 0 Å². The molecule has 0 aliphatic heterocycles. The third-order valence-electron chi connectivity index (χ3n) is 12.3. The van der Waals surface area contributed by atoms with E-state index in [2.05, 4.69) is 38.2 Å². The van der Waals surface area contributed by atoms with E-state index in [1.54, 1.807) is 12.8 Å². The molecule has 0 amide bonds. The van der Waals surface area contributed by atoms with Gasteiger partial charge in [0.05, 0.1) is 13.2 Å². The summed E-state index contributed by atoms with van der Waals surface area (Å²) in [4.78, 5) is 0. The van der Waals surface area contributed by atoms with E-state index < -0.39 is 0 Å². The zero-order valence-electron chi connectivity index (χ0n) is 27.7. The van der Waals surface area contributed by atoms with Gasteiger partial charge in [-0.1, -0.05) is 128 Å². The predicted octanol–water partition coefficient (Wildman–Crippen LogP) is 12.5. The molecule has 0 N–H and O–H groups in total. The van der Waals surface area contributed by atoms with Gasteiger partial charge in [0.15, 0.2) is 0 Å². The lowest BCUT2D eigenvalue weighted by Crippen LogP contribution is -2.26. The molecule has 0 heterocycles. The summed E-state index contributed by atoms with van der Waals surface area (Å²) in [6.07, 6.45) is 45.1. The van der Waals surface area contributed by atoms with Crippen molar-refractivity contribution in [1.82, 2.24) is 0 Å². The molecular formula is C40H70O. The molecule has 4 rings (SSSR count).